The first-order valence-corrected chi connectivity index (χ1v) is 13.1. The molecule has 36 heavy (non-hydrogen) atoms. The highest BCUT2D eigenvalue weighted by Crippen LogP contribution is 2.46. The Morgan fingerprint density at radius 3 is 2.42 bits per heavy atom. The molecule has 0 N–H and O–H groups in total. The molecule has 9 nitrogen and oxygen atoms in total. The van der Waals surface area contributed by atoms with Crippen LogP contribution in [0.3, 0.4) is 0 Å². The number of halogens is 1. The number of carbonyl (C=O) groups is 2. The summed E-state index contributed by atoms with van der Waals surface area (Å²) in [7, 11) is 3.18. The zero-order valence-electron chi connectivity index (χ0n) is 21.4. The average Bonchev–Trinajstić information content (AvgIpc) is 3.29. The lowest BCUT2D eigenvalue weighted by molar-refractivity contribution is -0.144. The lowest BCUT2D eigenvalue weighted by atomic mass is 9.84. The molecule has 0 unspecified atom stereocenters. The van der Waals surface area contributed by atoms with Gasteiger partial charge in [-0.3, -0.25) is 9.69 Å². The maximum Gasteiger partial charge on any atom is 0.377 e. The van der Waals surface area contributed by atoms with Gasteiger partial charge in [0.15, 0.2) is 0 Å². The van der Waals surface area contributed by atoms with Gasteiger partial charge in [0.1, 0.15) is 17.2 Å². The highest BCUT2D eigenvalue weighted by molar-refractivity contribution is 9.09. The summed E-state index contributed by atoms with van der Waals surface area (Å²) in [5.74, 6) is 0.413. The van der Waals surface area contributed by atoms with Crippen molar-refractivity contribution in [2.24, 2.45) is 0 Å². The summed E-state index contributed by atoms with van der Waals surface area (Å²) in [6.45, 7) is 4.58. The van der Waals surface area contributed by atoms with Crippen molar-refractivity contribution in [3.63, 3.8) is 0 Å². The van der Waals surface area contributed by atoms with Crippen molar-refractivity contribution >= 4 is 27.9 Å². The number of aromatic nitrogens is 1. The molecule has 0 saturated heterocycles. The molecule has 0 amide bonds. The molecule has 1 aliphatic carbocycles. The molecule has 0 atom stereocenters. The van der Waals surface area contributed by atoms with Crippen molar-refractivity contribution in [1.29, 1.82) is 0 Å². The molecule has 1 aromatic heterocycles. The number of alkyl halides is 1. The summed E-state index contributed by atoms with van der Waals surface area (Å²) in [5, 5.41) is 4.34. The van der Waals surface area contributed by atoms with Gasteiger partial charge in [-0.2, -0.15) is 0 Å². The Morgan fingerprint density at radius 1 is 1.06 bits per heavy atom. The zero-order chi connectivity index (χ0) is 26.1. The Labute approximate surface area is 220 Å². The molecule has 1 saturated carbocycles. The lowest BCUT2D eigenvalue weighted by Crippen LogP contribution is -2.32. The van der Waals surface area contributed by atoms with E-state index in [-0.39, 0.29) is 38.0 Å². The van der Waals surface area contributed by atoms with Crippen LogP contribution in [0.4, 0.5) is 0 Å². The minimum absolute atomic E-state index is 0.00515. The van der Waals surface area contributed by atoms with Gasteiger partial charge < -0.3 is 23.5 Å². The number of hydrogen-bond donors (Lipinski definition) is 0. The smallest absolute Gasteiger partial charge is 0.377 e. The summed E-state index contributed by atoms with van der Waals surface area (Å²) in [5.41, 5.74) is 2.15. The fourth-order valence-corrected chi connectivity index (χ4v) is 5.39. The molecule has 0 spiro atoms. The Bertz CT molecular complexity index is 1030. The van der Waals surface area contributed by atoms with E-state index in [2.05, 4.69) is 21.1 Å². The van der Waals surface area contributed by atoms with E-state index in [4.69, 9.17) is 23.5 Å². The Hall–Kier alpha value is -2.59. The largest absolute Gasteiger partial charge is 0.497 e. The number of carbonyl (C=O) groups excluding carboxylic acids is 2. The summed E-state index contributed by atoms with van der Waals surface area (Å²) in [6, 6.07) is 5.52. The number of nitrogens with zero attached hydrogens (tertiary/aromatic N) is 2. The third-order valence-corrected chi connectivity index (χ3v) is 7.42. The number of ether oxygens (including phenoxy) is 4. The lowest BCUT2D eigenvalue weighted by Gasteiger charge is -2.31. The SMILES string of the molecule is CCOC(=O)CN(Cc1ccc(OC)cc1OC)Cc1c(C2(Br)CCCCC2)noc1C(=O)OCC. The molecule has 1 aromatic carbocycles. The summed E-state index contributed by atoms with van der Waals surface area (Å²) in [4.78, 5) is 27.2. The van der Waals surface area contributed by atoms with Crippen molar-refractivity contribution in [3.8, 4) is 11.5 Å². The molecule has 0 radical (unpaired) electrons. The van der Waals surface area contributed by atoms with Crippen molar-refractivity contribution in [1.82, 2.24) is 10.1 Å². The number of hydrogen-bond acceptors (Lipinski definition) is 9. The first-order chi connectivity index (χ1) is 17.3. The molecule has 0 aliphatic heterocycles. The van der Waals surface area contributed by atoms with Crippen LogP contribution in [0, 0.1) is 0 Å². The van der Waals surface area contributed by atoms with Crippen LogP contribution in [0.2, 0.25) is 0 Å². The van der Waals surface area contributed by atoms with Crippen molar-refractivity contribution in [2.75, 3.05) is 34.0 Å². The molecule has 3 rings (SSSR count). The van der Waals surface area contributed by atoms with Crippen LogP contribution in [0.1, 0.15) is 73.3 Å². The van der Waals surface area contributed by atoms with Crippen LogP contribution >= 0.6 is 15.9 Å². The van der Waals surface area contributed by atoms with Crippen molar-refractivity contribution in [3.05, 3.63) is 40.8 Å². The van der Waals surface area contributed by atoms with Crippen LogP contribution < -0.4 is 9.47 Å². The fraction of sp³-hybridized carbons (Fsp3) is 0.577. The highest BCUT2D eigenvalue weighted by Gasteiger charge is 2.39. The number of methoxy groups -OCH3 is 2. The maximum absolute atomic E-state index is 12.8. The maximum atomic E-state index is 12.8. The third kappa shape index (κ3) is 6.79. The monoisotopic (exact) mass is 566 g/mol. The Morgan fingerprint density at radius 2 is 1.78 bits per heavy atom. The highest BCUT2D eigenvalue weighted by atomic mass is 79.9. The van der Waals surface area contributed by atoms with E-state index in [9.17, 15) is 9.59 Å². The van der Waals surface area contributed by atoms with E-state index in [0.717, 1.165) is 37.7 Å². The Kier molecular flexibility index (Phi) is 10.2. The van der Waals surface area contributed by atoms with E-state index in [0.29, 0.717) is 29.3 Å². The number of esters is 2. The topological polar surface area (TPSA) is 100 Å². The summed E-state index contributed by atoms with van der Waals surface area (Å²) in [6.07, 6.45) is 4.99. The molecule has 2 aromatic rings. The number of benzene rings is 1. The van der Waals surface area contributed by atoms with E-state index in [1.165, 1.54) is 0 Å². The van der Waals surface area contributed by atoms with Gasteiger partial charge >= 0.3 is 11.9 Å². The molecule has 0 bridgehead atoms. The van der Waals surface area contributed by atoms with Crippen molar-refractivity contribution in [2.45, 2.75) is 63.4 Å². The van der Waals surface area contributed by atoms with Gasteiger partial charge in [-0.1, -0.05) is 46.4 Å². The van der Waals surface area contributed by atoms with Gasteiger partial charge in [-0.25, -0.2) is 4.79 Å². The fourth-order valence-electron chi connectivity index (χ4n) is 4.52. The Balaban J connectivity index is 2.00. The molecule has 1 heterocycles. The number of rotatable bonds is 12. The van der Waals surface area contributed by atoms with Gasteiger partial charge in [0.25, 0.3) is 0 Å². The van der Waals surface area contributed by atoms with Gasteiger partial charge in [-0.15, -0.1) is 0 Å². The molecule has 1 fully saturated rings. The van der Waals surface area contributed by atoms with Gasteiger partial charge in [0.05, 0.1) is 38.3 Å². The predicted molar refractivity (Wildman–Crippen MR) is 136 cm³/mol. The van der Waals surface area contributed by atoms with Gasteiger partial charge in [-0.05, 0) is 32.8 Å². The zero-order valence-corrected chi connectivity index (χ0v) is 23.0. The summed E-state index contributed by atoms with van der Waals surface area (Å²) >= 11 is 3.91. The molecule has 10 heteroatoms. The standard InChI is InChI=1S/C26H35BrN2O7/c1-5-34-22(30)17-29(15-18-10-11-19(32-3)14-21(18)33-4)16-20-23(25(31)35-6-2)36-28-24(20)26(27)12-8-7-9-13-26/h10-11,14H,5-9,12-13,15-17H2,1-4H3. The van der Waals surface area contributed by atoms with Gasteiger partial charge in [0, 0.05) is 30.3 Å². The van der Waals surface area contributed by atoms with E-state index < -0.39 is 10.3 Å². The second kappa shape index (κ2) is 13.1. The van der Waals surface area contributed by atoms with E-state index >= 15 is 0 Å². The minimum atomic E-state index is -0.573. The van der Waals surface area contributed by atoms with E-state index in [1.807, 2.05) is 17.0 Å². The second-order valence-electron chi connectivity index (χ2n) is 8.71. The second-order valence-corrected chi connectivity index (χ2v) is 10.2. The molecule has 1 aliphatic rings. The third-order valence-electron chi connectivity index (χ3n) is 6.25. The van der Waals surface area contributed by atoms with Crippen LogP contribution in [-0.4, -0.2) is 56.0 Å². The minimum Gasteiger partial charge on any atom is -0.497 e. The molecular weight excluding hydrogens is 532 g/mol. The molecule has 198 valence electrons. The van der Waals surface area contributed by atoms with Crippen LogP contribution in [0.25, 0.3) is 0 Å². The average molecular weight is 567 g/mol. The molecular formula is C26H35BrN2O7. The normalized spacial score (nSPS) is 14.9. The van der Waals surface area contributed by atoms with Gasteiger partial charge in [0.2, 0.25) is 5.76 Å². The van der Waals surface area contributed by atoms with Crippen LogP contribution in [0.5, 0.6) is 11.5 Å². The van der Waals surface area contributed by atoms with E-state index in [1.54, 1.807) is 34.1 Å². The summed E-state index contributed by atoms with van der Waals surface area (Å²) < 4.78 is 26.5. The van der Waals surface area contributed by atoms with Crippen LogP contribution in [0.15, 0.2) is 22.7 Å². The first kappa shape index (κ1) is 28.0. The first-order valence-electron chi connectivity index (χ1n) is 12.3. The van der Waals surface area contributed by atoms with Crippen molar-refractivity contribution < 1.29 is 33.1 Å². The predicted octanol–water partition coefficient (Wildman–Crippen LogP) is 4.99. The van der Waals surface area contributed by atoms with Crippen LogP contribution in [-0.2, 0) is 31.7 Å². The quantitative estimate of drug-likeness (QED) is 0.260.